The number of aliphatic hydroxyl groups is 1. The van der Waals surface area contributed by atoms with Crippen molar-refractivity contribution in [2.45, 2.75) is 25.1 Å². The fourth-order valence-corrected chi connectivity index (χ4v) is 4.93. The standard InChI is InChI=1S/C20H20NO5/c1-21-5-4-12-6-17-18(25-10-24-17)7-15(12)20(21,22)8-13-2-3-16-19(14(13)9-21)26-11-23-16/h2-3,6-7,22H,4-5,8-11H2,1H3/q+1/t20-,21+/m1/s1. The van der Waals surface area contributed by atoms with Gasteiger partial charge in [0.25, 0.3) is 0 Å². The third-order valence-electron chi connectivity index (χ3n) is 6.48. The van der Waals surface area contributed by atoms with Crippen molar-refractivity contribution in [3.63, 3.8) is 0 Å². The van der Waals surface area contributed by atoms with E-state index in [9.17, 15) is 5.11 Å². The lowest BCUT2D eigenvalue weighted by atomic mass is 9.78. The molecule has 4 aliphatic rings. The predicted molar refractivity (Wildman–Crippen MR) is 91.2 cm³/mol. The van der Waals surface area contributed by atoms with Gasteiger partial charge >= 0.3 is 0 Å². The Balaban J connectivity index is 1.54. The molecular weight excluding hydrogens is 334 g/mol. The summed E-state index contributed by atoms with van der Waals surface area (Å²) in [6.07, 6.45) is 1.44. The molecule has 0 amide bonds. The molecular formula is C20H20NO5+. The van der Waals surface area contributed by atoms with Crippen LogP contribution in [-0.2, 0) is 25.1 Å². The molecule has 0 saturated carbocycles. The summed E-state index contributed by atoms with van der Waals surface area (Å²) in [5, 5.41) is 11.9. The highest BCUT2D eigenvalue weighted by Crippen LogP contribution is 2.52. The average molecular weight is 354 g/mol. The van der Waals surface area contributed by atoms with E-state index in [0.29, 0.717) is 17.4 Å². The molecule has 0 radical (unpaired) electrons. The molecule has 0 spiro atoms. The van der Waals surface area contributed by atoms with Crippen LogP contribution in [0.4, 0.5) is 0 Å². The molecule has 0 aliphatic carbocycles. The summed E-state index contributed by atoms with van der Waals surface area (Å²) < 4.78 is 22.9. The largest absolute Gasteiger partial charge is 0.454 e. The van der Waals surface area contributed by atoms with Crippen molar-refractivity contribution in [1.82, 2.24) is 0 Å². The lowest BCUT2D eigenvalue weighted by Crippen LogP contribution is -2.65. The van der Waals surface area contributed by atoms with Gasteiger partial charge in [0.05, 0.1) is 25.6 Å². The van der Waals surface area contributed by atoms with Gasteiger partial charge in [-0.3, -0.25) is 4.48 Å². The molecule has 26 heavy (non-hydrogen) atoms. The van der Waals surface area contributed by atoms with Crippen LogP contribution < -0.4 is 18.9 Å². The SMILES string of the molecule is C[N@@+]12CCc3cc4c(cc3[C@]1(O)Cc1ccc3c(c1C2)OCO3)OCO4. The summed E-state index contributed by atoms with van der Waals surface area (Å²) in [7, 11) is 2.13. The van der Waals surface area contributed by atoms with Crippen LogP contribution in [0.1, 0.15) is 22.3 Å². The molecule has 2 aromatic rings. The van der Waals surface area contributed by atoms with Crippen molar-refractivity contribution in [2.75, 3.05) is 27.2 Å². The smallest absolute Gasteiger partial charge is 0.232 e. The Labute approximate surface area is 151 Å². The van der Waals surface area contributed by atoms with Crippen molar-refractivity contribution in [3.05, 3.63) is 46.5 Å². The maximum absolute atomic E-state index is 11.9. The fourth-order valence-electron chi connectivity index (χ4n) is 4.93. The van der Waals surface area contributed by atoms with Gasteiger partial charge in [0.15, 0.2) is 23.0 Å². The van der Waals surface area contributed by atoms with Crippen LogP contribution in [0, 0.1) is 0 Å². The topological polar surface area (TPSA) is 57.2 Å². The minimum Gasteiger partial charge on any atom is -0.454 e. The Morgan fingerprint density at radius 2 is 1.73 bits per heavy atom. The number of nitrogens with zero attached hydrogens (tertiary/aromatic N) is 1. The zero-order valence-corrected chi connectivity index (χ0v) is 14.6. The summed E-state index contributed by atoms with van der Waals surface area (Å²) in [5.74, 6) is 3.16. The Kier molecular flexibility index (Phi) is 2.62. The van der Waals surface area contributed by atoms with Crippen molar-refractivity contribution in [2.24, 2.45) is 0 Å². The third-order valence-corrected chi connectivity index (χ3v) is 6.48. The molecule has 4 aliphatic heterocycles. The second-order valence-corrected chi connectivity index (χ2v) is 7.82. The Morgan fingerprint density at radius 3 is 2.62 bits per heavy atom. The molecule has 1 N–H and O–H groups in total. The van der Waals surface area contributed by atoms with E-state index in [1.54, 1.807) is 0 Å². The van der Waals surface area contributed by atoms with Crippen molar-refractivity contribution >= 4 is 0 Å². The van der Waals surface area contributed by atoms with Gasteiger partial charge in [0.1, 0.15) is 6.54 Å². The van der Waals surface area contributed by atoms with Crippen LogP contribution in [0.25, 0.3) is 0 Å². The van der Waals surface area contributed by atoms with Crippen molar-refractivity contribution in [1.29, 1.82) is 0 Å². The van der Waals surface area contributed by atoms with Crippen molar-refractivity contribution < 1.29 is 28.5 Å². The quantitative estimate of drug-likeness (QED) is 0.734. The second kappa shape index (κ2) is 4.64. The normalized spacial score (nSPS) is 29.8. The zero-order valence-electron chi connectivity index (χ0n) is 14.6. The molecule has 2 aromatic carbocycles. The van der Waals surface area contributed by atoms with Crippen LogP contribution in [0.2, 0.25) is 0 Å². The molecule has 6 rings (SSSR count). The van der Waals surface area contributed by atoms with Gasteiger partial charge in [0, 0.05) is 12.0 Å². The average Bonchev–Trinajstić information content (AvgIpc) is 3.28. The van der Waals surface area contributed by atoms with Crippen LogP contribution >= 0.6 is 0 Å². The van der Waals surface area contributed by atoms with E-state index in [2.05, 4.69) is 13.1 Å². The lowest BCUT2D eigenvalue weighted by molar-refractivity contribution is -1.01. The summed E-state index contributed by atoms with van der Waals surface area (Å²) in [6.45, 7) is 2.08. The molecule has 0 saturated heterocycles. The number of rotatable bonds is 0. The van der Waals surface area contributed by atoms with Gasteiger partial charge in [-0.1, -0.05) is 6.07 Å². The summed E-state index contributed by atoms with van der Waals surface area (Å²) >= 11 is 0. The van der Waals surface area contributed by atoms with E-state index >= 15 is 0 Å². The van der Waals surface area contributed by atoms with E-state index in [0.717, 1.165) is 58.2 Å². The first kappa shape index (κ1) is 14.7. The molecule has 0 bridgehead atoms. The summed E-state index contributed by atoms with van der Waals surface area (Å²) in [5.41, 5.74) is 3.40. The number of benzene rings is 2. The Morgan fingerprint density at radius 1 is 0.962 bits per heavy atom. The van der Waals surface area contributed by atoms with E-state index in [1.165, 1.54) is 0 Å². The third kappa shape index (κ3) is 1.68. The minimum atomic E-state index is -0.991. The number of ether oxygens (including phenoxy) is 4. The molecule has 4 heterocycles. The number of hydrogen-bond acceptors (Lipinski definition) is 5. The molecule has 0 fully saturated rings. The first-order valence-electron chi connectivity index (χ1n) is 8.98. The summed E-state index contributed by atoms with van der Waals surface area (Å²) in [6, 6.07) is 8.02. The molecule has 0 unspecified atom stereocenters. The fraction of sp³-hybridized carbons (Fsp3) is 0.400. The molecule has 6 heteroatoms. The van der Waals surface area contributed by atoms with E-state index in [1.807, 2.05) is 18.2 Å². The first-order valence-corrected chi connectivity index (χ1v) is 8.98. The molecule has 134 valence electrons. The Bertz CT molecular complexity index is 958. The maximum Gasteiger partial charge on any atom is 0.232 e. The predicted octanol–water partition coefficient (Wildman–Crippen LogP) is 2.05. The number of fused-ring (bicyclic) bond motifs is 7. The molecule has 0 aromatic heterocycles. The van der Waals surface area contributed by atoms with Gasteiger partial charge in [-0.2, -0.15) is 0 Å². The van der Waals surface area contributed by atoms with E-state index < -0.39 is 5.72 Å². The van der Waals surface area contributed by atoms with Gasteiger partial charge in [-0.05, 0) is 29.3 Å². The highest BCUT2D eigenvalue weighted by atomic mass is 16.7. The van der Waals surface area contributed by atoms with Crippen LogP contribution in [-0.4, -0.2) is 36.8 Å². The van der Waals surface area contributed by atoms with Crippen molar-refractivity contribution in [3.8, 4) is 23.0 Å². The molecule has 2 atom stereocenters. The maximum atomic E-state index is 11.9. The first-order chi connectivity index (χ1) is 12.6. The minimum absolute atomic E-state index is 0.245. The number of quaternary nitrogens is 1. The van der Waals surface area contributed by atoms with E-state index in [4.69, 9.17) is 18.9 Å². The lowest BCUT2D eigenvalue weighted by Gasteiger charge is -2.53. The van der Waals surface area contributed by atoms with Gasteiger partial charge in [-0.15, -0.1) is 0 Å². The van der Waals surface area contributed by atoms with Gasteiger partial charge < -0.3 is 24.1 Å². The van der Waals surface area contributed by atoms with E-state index in [-0.39, 0.29) is 13.6 Å². The molecule has 6 nitrogen and oxygen atoms in total. The summed E-state index contributed by atoms with van der Waals surface area (Å²) in [4.78, 5) is 0. The highest BCUT2D eigenvalue weighted by molar-refractivity contribution is 5.55. The van der Waals surface area contributed by atoms with Crippen LogP contribution in [0.5, 0.6) is 23.0 Å². The van der Waals surface area contributed by atoms with Crippen LogP contribution in [0.15, 0.2) is 24.3 Å². The highest BCUT2D eigenvalue weighted by Gasteiger charge is 2.56. The van der Waals surface area contributed by atoms with Crippen LogP contribution in [0.3, 0.4) is 0 Å². The van der Waals surface area contributed by atoms with Gasteiger partial charge in [-0.25, -0.2) is 0 Å². The van der Waals surface area contributed by atoms with Gasteiger partial charge in [0.2, 0.25) is 19.3 Å². The number of hydrogen-bond donors (Lipinski definition) is 1. The Hall–Kier alpha value is -2.44. The monoisotopic (exact) mass is 354 g/mol. The number of likely N-dealkylation sites (N-methyl/N-ethyl adjacent to an activating group) is 1. The zero-order chi connectivity index (χ0) is 17.5. The second-order valence-electron chi connectivity index (χ2n) is 7.82.